The molecule has 0 unspecified atom stereocenters. The molecular weight excluding hydrogens is 364 g/mol. The first-order valence-electron chi connectivity index (χ1n) is 8.34. The SMILES string of the molecule is COc1ccc(CNC(=O)c2ccc(Nc3cccc(Cl)c3C)nn2)cc1. The van der Waals surface area contributed by atoms with Crippen LogP contribution in [0.25, 0.3) is 0 Å². The minimum Gasteiger partial charge on any atom is -0.497 e. The molecule has 0 saturated carbocycles. The predicted molar refractivity (Wildman–Crippen MR) is 106 cm³/mol. The molecule has 1 amide bonds. The first-order chi connectivity index (χ1) is 13.1. The number of ether oxygens (including phenoxy) is 1. The number of methoxy groups -OCH3 is 1. The minimum absolute atomic E-state index is 0.247. The molecule has 3 aromatic rings. The van der Waals surface area contributed by atoms with Gasteiger partial charge in [-0.25, -0.2) is 0 Å². The lowest BCUT2D eigenvalue weighted by Crippen LogP contribution is -2.24. The second kappa shape index (κ2) is 8.51. The van der Waals surface area contributed by atoms with Crippen LogP contribution < -0.4 is 15.4 Å². The van der Waals surface area contributed by atoms with Gasteiger partial charge in [0.05, 0.1) is 7.11 Å². The number of hydrogen-bond donors (Lipinski definition) is 2. The Balaban J connectivity index is 1.60. The van der Waals surface area contributed by atoms with Gasteiger partial charge >= 0.3 is 0 Å². The summed E-state index contributed by atoms with van der Waals surface area (Å²) in [5.74, 6) is 1.02. The highest BCUT2D eigenvalue weighted by atomic mass is 35.5. The van der Waals surface area contributed by atoms with Crippen LogP contribution in [-0.4, -0.2) is 23.2 Å². The lowest BCUT2D eigenvalue weighted by atomic mass is 10.2. The summed E-state index contributed by atoms with van der Waals surface area (Å²) in [6.45, 7) is 2.31. The van der Waals surface area contributed by atoms with Gasteiger partial charge < -0.3 is 15.4 Å². The van der Waals surface area contributed by atoms with Crippen LogP contribution in [0, 0.1) is 6.92 Å². The molecule has 0 aliphatic rings. The highest BCUT2D eigenvalue weighted by Crippen LogP contribution is 2.25. The van der Waals surface area contributed by atoms with Crippen molar-refractivity contribution < 1.29 is 9.53 Å². The van der Waals surface area contributed by atoms with Crippen LogP contribution in [0.2, 0.25) is 5.02 Å². The Kier molecular flexibility index (Phi) is 5.88. The average molecular weight is 383 g/mol. The van der Waals surface area contributed by atoms with E-state index in [4.69, 9.17) is 16.3 Å². The number of carbonyl (C=O) groups excluding carboxylic acids is 1. The topological polar surface area (TPSA) is 76.1 Å². The largest absolute Gasteiger partial charge is 0.497 e. The van der Waals surface area contributed by atoms with Crippen molar-refractivity contribution in [2.45, 2.75) is 13.5 Å². The molecule has 0 fully saturated rings. The molecule has 0 aliphatic heterocycles. The molecule has 27 heavy (non-hydrogen) atoms. The third kappa shape index (κ3) is 4.74. The summed E-state index contributed by atoms with van der Waals surface area (Å²) in [6.07, 6.45) is 0. The van der Waals surface area contributed by atoms with Gasteiger partial charge in [0.1, 0.15) is 5.75 Å². The Morgan fingerprint density at radius 1 is 1.07 bits per heavy atom. The van der Waals surface area contributed by atoms with Gasteiger partial charge in [-0.2, -0.15) is 0 Å². The van der Waals surface area contributed by atoms with E-state index >= 15 is 0 Å². The normalized spacial score (nSPS) is 10.3. The van der Waals surface area contributed by atoms with Crippen LogP contribution in [0.4, 0.5) is 11.5 Å². The molecule has 138 valence electrons. The van der Waals surface area contributed by atoms with Crippen LogP contribution >= 0.6 is 11.6 Å². The highest BCUT2D eigenvalue weighted by molar-refractivity contribution is 6.31. The van der Waals surface area contributed by atoms with Gasteiger partial charge in [-0.1, -0.05) is 29.8 Å². The number of halogens is 1. The van der Waals surface area contributed by atoms with Crippen molar-refractivity contribution >= 4 is 29.0 Å². The molecule has 0 atom stereocenters. The summed E-state index contributed by atoms with van der Waals surface area (Å²) >= 11 is 6.11. The van der Waals surface area contributed by atoms with Gasteiger partial charge in [-0.3, -0.25) is 4.79 Å². The molecule has 0 saturated heterocycles. The monoisotopic (exact) mass is 382 g/mol. The van der Waals surface area contributed by atoms with Crippen LogP contribution in [0.5, 0.6) is 5.75 Å². The zero-order chi connectivity index (χ0) is 19.2. The number of benzene rings is 2. The summed E-state index contributed by atoms with van der Waals surface area (Å²) in [7, 11) is 1.61. The molecule has 2 aromatic carbocycles. The molecular formula is C20H19ClN4O2. The van der Waals surface area contributed by atoms with Gasteiger partial charge in [0.2, 0.25) is 0 Å². The van der Waals surface area contributed by atoms with E-state index in [0.717, 1.165) is 22.6 Å². The van der Waals surface area contributed by atoms with Crippen molar-refractivity contribution in [2.75, 3.05) is 12.4 Å². The zero-order valence-electron chi connectivity index (χ0n) is 15.0. The first kappa shape index (κ1) is 18.7. The van der Waals surface area contributed by atoms with E-state index < -0.39 is 0 Å². The number of carbonyl (C=O) groups is 1. The van der Waals surface area contributed by atoms with Crippen molar-refractivity contribution in [2.24, 2.45) is 0 Å². The molecule has 3 rings (SSSR count). The summed E-state index contributed by atoms with van der Waals surface area (Å²) in [4.78, 5) is 12.2. The van der Waals surface area contributed by atoms with Crippen LogP contribution in [0.1, 0.15) is 21.6 Å². The number of nitrogens with zero attached hydrogens (tertiary/aromatic N) is 2. The molecule has 1 heterocycles. The standard InChI is InChI=1S/C20H19ClN4O2/c1-13-16(21)4-3-5-17(13)23-19-11-10-18(24-25-19)20(26)22-12-14-6-8-15(27-2)9-7-14/h3-11H,12H2,1-2H3,(H,22,26)(H,23,25). The van der Waals surface area contributed by atoms with Crippen LogP contribution in [0.15, 0.2) is 54.6 Å². The fourth-order valence-electron chi connectivity index (χ4n) is 2.42. The molecule has 0 radical (unpaired) electrons. The number of aromatic nitrogens is 2. The molecule has 7 heteroatoms. The number of hydrogen-bond acceptors (Lipinski definition) is 5. The molecule has 0 aliphatic carbocycles. The van der Waals surface area contributed by atoms with E-state index in [9.17, 15) is 4.79 Å². The summed E-state index contributed by atoms with van der Waals surface area (Å²) < 4.78 is 5.11. The van der Waals surface area contributed by atoms with E-state index in [1.165, 1.54) is 0 Å². The van der Waals surface area contributed by atoms with Crippen molar-refractivity contribution in [1.82, 2.24) is 15.5 Å². The second-order valence-electron chi connectivity index (χ2n) is 5.87. The second-order valence-corrected chi connectivity index (χ2v) is 6.28. The average Bonchev–Trinajstić information content (AvgIpc) is 2.70. The summed E-state index contributed by atoms with van der Waals surface area (Å²) in [5.41, 5.74) is 2.97. The molecule has 1 aromatic heterocycles. The summed E-state index contributed by atoms with van der Waals surface area (Å²) in [6, 6.07) is 16.4. The van der Waals surface area contributed by atoms with Gasteiger partial charge in [0.25, 0.3) is 5.91 Å². The quantitative estimate of drug-likeness (QED) is 0.670. The molecule has 0 bridgehead atoms. The lowest BCUT2D eigenvalue weighted by molar-refractivity contribution is 0.0945. The third-order valence-corrected chi connectivity index (χ3v) is 4.45. The van der Waals surface area contributed by atoms with E-state index in [1.807, 2.05) is 49.4 Å². The smallest absolute Gasteiger partial charge is 0.272 e. The van der Waals surface area contributed by atoms with Crippen LogP contribution in [-0.2, 0) is 6.54 Å². The van der Waals surface area contributed by atoms with Gasteiger partial charge in [0.15, 0.2) is 11.5 Å². The molecule has 0 spiro atoms. The Morgan fingerprint density at radius 2 is 1.85 bits per heavy atom. The Bertz CT molecular complexity index is 928. The van der Waals surface area contributed by atoms with Crippen molar-refractivity contribution in [3.63, 3.8) is 0 Å². The van der Waals surface area contributed by atoms with E-state index in [-0.39, 0.29) is 11.6 Å². The van der Waals surface area contributed by atoms with Crippen LogP contribution in [0.3, 0.4) is 0 Å². The minimum atomic E-state index is -0.288. The Hall–Kier alpha value is -3.12. The maximum Gasteiger partial charge on any atom is 0.272 e. The first-order valence-corrected chi connectivity index (χ1v) is 8.71. The fourth-order valence-corrected chi connectivity index (χ4v) is 2.59. The molecule has 2 N–H and O–H groups in total. The maximum absolute atomic E-state index is 12.2. The highest BCUT2D eigenvalue weighted by Gasteiger charge is 2.09. The van der Waals surface area contributed by atoms with E-state index in [0.29, 0.717) is 17.4 Å². The predicted octanol–water partition coefficient (Wildman–Crippen LogP) is 4.12. The van der Waals surface area contributed by atoms with Gasteiger partial charge in [-0.05, 0) is 54.4 Å². The number of rotatable bonds is 6. The Morgan fingerprint density at radius 3 is 2.52 bits per heavy atom. The van der Waals surface area contributed by atoms with Crippen molar-refractivity contribution in [1.29, 1.82) is 0 Å². The number of nitrogens with one attached hydrogen (secondary N) is 2. The summed E-state index contributed by atoms with van der Waals surface area (Å²) in [5, 5.41) is 14.7. The lowest BCUT2D eigenvalue weighted by Gasteiger charge is -2.10. The zero-order valence-corrected chi connectivity index (χ0v) is 15.7. The van der Waals surface area contributed by atoms with E-state index in [2.05, 4.69) is 20.8 Å². The number of amides is 1. The van der Waals surface area contributed by atoms with Crippen molar-refractivity contribution in [3.05, 3.63) is 76.4 Å². The fraction of sp³-hybridized carbons (Fsp3) is 0.150. The third-order valence-electron chi connectivity index (χ3n) is 4.04. The van der Waals surface area contributed by atoms with Crippen molar-refractivity contribution in [3.8, 4) is 5.75 Å². The Labute approximate surface area is 162 Å². The van der Waals surface area contributed by atoms with Gasteiger partial charge in [0, 0.05) is 17.3 Å². The molecule has 6 nitrogen and oxygen atoms in total. The number of anilines is 2. The maximum atomic E-state index is 12.2. The van der Waals surface area contributed by atoms with Gasteiger partial charge in [-0.15, -0.1) is 10.2 Å². The van der Waals surface area contributed by atoms with E-state index in [1.54, 1.807) is 19.2 Å².